The van der Waals surface area contributed by atoms with E-state index < -0.39 is 17.6 Å². The van der Waals surface area contributed by atoms with E-state index in [4.69, 9.17) is 0 Å². The molecule has 0 spiro atoms. The van der Waals surface area contributed by atoms with Crippen LogP contribution in [-0.4, -0.2) is 51.9 Å². The maximum atomic E-state index is 13.5. The van der Waals surface area contributed by atoms with E-state index in [2.05, 4.69) is 30.5 Å². The number of hydrogen-bond acceptors (Lipinski definition) is 5. The molecular formula is C25H23F3N6O. The summed E-state index contributed by atoms with van der Waals surface area (Å²) in [6.45, 7) is 4.40. The highest BCUT2D eigenvalue weighted by Gasteiger charge is 2.34. The third-order valence-corrected chi connectivity index (χ3v) is 5.89. The Morgan fingerprint density at radius 3 is 2.54 bits per heavy atom. The average Bonchev–Trinajstić information content (AvgIpc) is 3.29. The van der Waals surface area contributed by atoms with Crippen LogP contribution in [0.4, 0.5) is 19.0 Å². The highest BCUT2D eigenvalue weighted by atomic mass is 19.4. The Morgan fingerprint density at radius 1 is 0.971 bits per heavy atom. The van der Waals surface area contributed by atoms with Gasteiger partial charge in [-0.05, 0) is 30.3 Å². The van der Waals surface area contributed by atoms with Crippen molar-refractivity contribution in [1.82, 2.24) is 25.2 Å². The number of imidazole rings is 1. The van der Waals surface area contributed by atoms with Gasteiger partial charge in [0, 0.05) is 38.3 Å². The van der Waals surface area contributed by atoms with E-state index in [0.29, 0.717) is 17.9 Å². The number of fused-ring (bicyclic) bond motifs is 1. The number of aromatic nitrogens is 3. The van der Waals surface area contributed by atoms with Crippen LogP contribution in [0.15, 0.2) is 60.7 Å². The lowest BCUT2D eigenvalue weighted by Crippen LogP contribution is -2.43. The molecule has 1 amide bonds. The minimum absolute atomic E-state index is 0.0457. The second-order valence-electron chi connectivity index (χ2n) is 8.32. The summed E-state index contributed by atoms with van der Waals surface area (Å²) in [6, 6.07) is 15.6. The van der Waals surface area contributed by atoms with Gasteiger partial charge >= 0.3 is 6.18 Å². The third kappa shape index (κ3) is 5.03. The van der Waals surface area contributed by atoms with Crippen LogP contribution in [0.5, 0.6) is 0 Å². The van der Waals surface area contributed by atoms with Crippen molar-refractivity contribution in [3.63, 3.8) is 0 Å². The standard InChI is InChI=1S/C25H23F3N6O/c26-25(27,28)19-8-2-1-6-17(19)23-31-20-9-4-7-18(22(20)33-23)24(35)32-21-10-3-5-16(30-21)15-34-13-11-29-12-14-34/h1-10,29H,11-15H2,(H,31,33)(H,30,32,35). The molecule has 180 valence electrons. The number of para-hydroxylation sites is 1. The van der Waals surface area contributed by atoms with Gasteiger partial charge in [-0.2, -0.15) is 13.2 Å². The van der Waals surface area contributed by atoms with Gasteiger partial charge in [0.1, 0.15) is 17.2 Å². The number of anilines is 1. The minimum atomic E-state index is -4.53. The molecular weight excluding hydrogens is 457 g/mol. The number of amides is 1. The number of nitrogens with one attached hydrogen (secondary N) is 3. The molecule has 1 saturated heterocycles. The number of rotatable bonds is 5. The zero-order chi connectivity index (χ0) is 24.4. The van der Waals surface area contributed by atoms with Crippen LogP contribution in [0, 0.1) is 0 Å². The summed E-state index contributed by atoms with van der Waals surface area (Å²) in [7, 11) is 0. The largest absolute Gasteiger partial charge is 0.417 e. The molecule has 1 aliphatic heterocycles. The van der Waals surface area contributed by atoms with Crippen LogP contribution in [0.25, 0.3) is 22.4 Å². The summed E-state index contributed by atoms with van der Waals surface area (Å²) in [5, 5.41) is 6.11. The molecule has 4 aromatic rings. The number of benzene rings is 2. The molecule has 2 aromatic carbocycles. The topological polar surface area (TPSA) is 85.9 Å². The SMILES string of the molecule is O=C(Nc1cccc(CN2CCNCC2)n1)c1cccc2[nH]c(-c3ccccc3C(F)(F)F)nc12. The zero-order valence-corrected chi connectivity index (χ0v) is 18.7. The lowest BCUT2D eigenvalue weighted by molar-refractivity contribution is -0.137. The first kappa shape index (κ1) is 23.0. The predicted octanol–water partition coefficient (Wildman–Crippen LogP) is 4.30. The van der Waals surface area contributed by atoms with Gasteiger partial charge in [-0.3, -0.25) is 9.69 Å². The van der Waals surface area contributed by atoms with Crippen molar-refractivity contribution in [1.29, 1.82) is 0 Å². The van der Waals surface area contributed by atoms with Gasteiger partial charge in [0.2, 0.25) is 0 Å². The van der Waals surface area contributed by atoms with E-state index >= 15 is 0 Å². The first-order valence-electron chi connectivity index (χ1n) is 11.2. The quantitative estimate of drug-likeness (QED) is 0.397. The molecule has 1 fully saturated rings. The average molecular weight is 480 g/mol. The molecule has 35 heavy (non-hydrogen) atoms. The molecule has 0 saturated carbocycles. The minimum Gasteiger partial charge on any atom is -0.338 e. The highest BCUT2D eigenvalue weighted by molar-refractivity contribution is 6.11. The van der Waals surface area contributed by atoms with Crippen LogP contribution in [0.1, 0.15) is 21.6 Å². The fourth-order valence-electron chi connectivity index (χ4n) is 4.20. The first-order chi connectivity index (χ1) is 16.9. The van der Waals surface area contributed by atoms with Crippen LogP contribution < -0.4 is 10.6 Å². The van der Waals surface area contributed by atoms with Crippen molar-refractivity contribution in [2.45, 2.75) is 12.7 Å². The van der Waals surface area contributed by atoms with Gasteiger partial charge in [-0.1, -0.05) is 30.3 Å². The Morgan fingerprint density at radius 2 is 1.74 bits per heavy atom. The van der Waals surface area contributed by atoms with Crippen molar-refractivity contribution >= 4 is 22.8 Å². The molecule has 0 aliphatic carbocycles. The number of pyridine rings is 1. The lowest BCUT2D eigenvalue weighted by atomic mass is 10.1. The van der Waals surface area contributed by atoms with Crippen molar-refractivity contribution in [3.8, 4) is 11.4 Å². The van der Waals surface area contributed by atoms with Crippen LogP contribution in [0.2, 0.25) is 0 Å². The van der Waals surface area contributed by atoms with E-state index in [1.807, 2.05) is 12.1 Å². The van der Waals surface area contributed by atoms with Gasteiger partial charge in [-0.15, -0.1) is 0 Å². The number of carbonyl (C=O) groups excluding carboxylic acids is 1. The Kier molecular flexibility index (Phi) is 6.23. The number of alkyl halides is 3. The Balaban J connectivity index is 1.41. The highest BCUT2D eigenvalue weighted by Crippen LogP contribution is 2.36. The fourth-order valence-corrected chi connectivity index (χ4v) is 4.20. The van der Waals surface area contributed by atoms with E-state index in [0.717, 1.165) is 37.9 Å². The van der Waals surface area contributed by atoms with Crippen molar-refractivity contribution in [3.05, 3.63) is 77.5 Å². The van der Waals surface area contributed by atoms with E-state index in [1.54, 1.807) is 24.3 Å². The number of H-pyrrole nitrogens is 1. The molecule has 0 atom stereocenters. The maximum Gasteiger partial charge on any atom is 0.417 e. The first-order valence-corrected chi connectivity index (χ1v) is 11.2. The number of piperazine rings is 1. The molecule has 1 aliphatic rings. The Bertz CT molecular complexity index is 1360. The summed E-state index contributed by atoms with van der Waals surface area (Å²) in [5.41, 5.74) is 0.955. The third-order valence-electron chi connectivity index (χ3n) is 5.89. The zero-order valence-electron chi connectivity index (χ0n) is 18.7. The monoisotopic (exact) mass is 480 g/mol. The summed E-state index contributed by atoms with van der Waals surface area (Å²) in [5.74, 6) is 0.00621. The number of carbonyl (C=O) groups is 1. The summed E-state index contributed by atoms with van der Waals surface area (Å²) >= 11 is 0. The number of aromatic amines is 1. The Hall–Kier alpha value is -3.76. The number of hydrogen-bond donors (Lipinski definition) is 3. The predicted molar refractivity (Wildman–Crippen MR) is 127 cm³/mol. The fraction of sp³-hybridized carbons (Fsp3) is 0.240. The molecule has 5 rings (SSSR count). The summed E-state index contributed by atoms with van der Waals surface area (Å²) in [6.07, 6.45) is -4.53. The molecule has 0 radical (unpaired) electrons. The van der Waals surface area contributed by atoms with Crippen molar-refractivity contribution in [2.75, 3.05) is 31.5 Å². The second kappa shape index (κ2) is 9.47. The van der Waals surface area contributed by atoms with E-state index in [1.165, 1.54) is 18.2 Å². The Labute approximate surface area is 199 Å². The molecule has 10 heteroatoms. The summed E-state index contributed by atoms with van der Waals surface area (Å²) < 4.78 is 40.5. The van der Waals surface area contributed by atoms with Crippen LogP contribution >= 0.6 is 0 Å². The normalized spacial score (nSPS) is 14.8. The van der Waals surface area contributed by atoms with Gasteiger partial charge in [0.05, 0.1) is 22.3 Å². The van der Waals surface area contributed by atoms with Crippen LogP contribution in [-0.2, 0) is 12.7 Å². The molecule has 3 heterocycles. The smallest absolute Gasteiger partial charge is 0.338 e. The van der Waals surface area contributed by atoms with Crippen molar-refractivity contribution in [2.24, 2.45) is 0 Å². The van der Waals surface area contributed by atoms with Crippen molar-refractivity contribution < 1.29 is 18.0 Å². The molecule has 0 unspecified atom stereocenters. The van der Waals surface area contributed by atoms with Gasteiger partial charge < -0.3 is 15.6 Å². The van der Waals surface area contributed by atoms with Gasteiger partial charge in [-0.25, -0.2) is 9.97 Å². The summed E-state index contributed by atoms with van der Waals surface area (Å²) in [4.78, 5) is 27.2. The van der Waals surface area contributed by atoms with Gasteiger partial charge in [0.15, 0.2) is 0 Å². The maximum absolute atomic E-state index is 13.5. The van der Waals surface area contributed by atoms with E-state index in [-0.39, 0.29) is 22.5 Å². The number of halogens is 3. The number of nitrogens with zero attached hydrogens (tertiary/aromatic N) is 3. The van der Waals surface area contributed by atoms with E-state index in [9.17, 15) is 18.0 Å². The molecule has 7 nitrogen and oxygen atoms in total. The molecule has 0 bridgehead atoms. The molecule has 2 aromatic heterocycles. The lowest BCUT2D eigenvalue weighted by Gasteiger charge is -2.26. The van der Waals surface area contributed by atoms with Gasteiger partial charge in [0.25, 0.3) is 5.91 Å². The second-order valence-corrected chi connectivity index (χ2v) is 8.32. The van der Waals surface area contributed by atoms with Crippen LogP contribution in [0.3, 0.4) is 0 Å². The molecule has 3 N–H and O–H groups in total.